The number of amides is 1. The number of hydrogen-bond donors (Lipinski definition) is 5. The molecule has 1 aromatic rings. The molecule has 2 heterocycles. The number of esters is 1. The number of nitrogens with two attached hydrogens (primary N) is 3. The van der Waals surface area contributed by atoms with Gasteiger partial charge in [0, 0.05) is 0 Å². The van der Waals surface area contributed by atoms with E-state index in [0.717, 1.165) is 17.4 Å². The van der Waals surface area contributed by atoms with Gasteiger partial charge in [-0.3, -0.25) is 9.59 Å². The Hall–Kier alpha value is -2.12. The van der Waals surface area contributed by atoms with Gasteiger partial charge >= 0.3 is 5.97 Å². The molecule has 146 valence electrons. The maximum absolute atomic E-state index is 11.9. The molecule has 5 atom stereocenters. The van der Waals surface area contributed by atoms with E-state index in [1.54, 1.807) is 0 Å². The number of aliphatic hydroxyl groups excluding tert-OH is 2. The van der Waals surface area contributed by atoms with Crippen molar-refractivity contribution in [1.29, 1.82) is 0 Å². The summed E-state index contributed by atoms with van der Waals surface area (Å²) in [6, 6.07) is -0.797. The van der Waals surface area contributed by atoms with Crippen molar-refractivity contribution in [2.45, 2.75) is 49.8 Å². The number of rotatable bonds is 9. The van der Waals surface area contributed by atoms with Crippen molar-refractivity contribution in [3.63, 3.8) is 0 Å². The Morgan fingerprint density at radius 3 is 2.69 bits per heavy atom. The Morgan fingerprint density at radius 2 is 2.08 bits per heavy atom. The van der Waals surface area contributed by atoms with E-state index in [2.05, 4.69) is 10.1 Å². The molecule has 0 spiro atoms. The van der Waals surface area contributed by atoms with Crippen LogP contribution >= 0.6 is 0 Å². The third-order valence-corrected chi connectivity index (χ3v) is 3.99. The Labute approximate surface area is 149 Å². The number of hydrogen-bond acceptors (Lipinski definition) is 10. The Kier molecular flexibility index (Phi) is 6.99. The van der Waals surface area contributed by atoms with E-state index in [9.17, 15) is 19.8 Å². The molecular formula is C14H24N6O6. The van der Waals surface area contributed by atoms with Crippen molar-refractivity contribution < 1.29 is 29.3 Å². The summed E-state index contributed by atoms with van der Waals surface area (Å²) in [7, 11) is 0. The van der Waals surface area contributed by atoms with E-state index in [0.29, 0.717) is 19.4 Å². The summed E-state index contributed by atoms with van der Waals surface area (Å²) in [5.74, 6) is -1.73. The van der Waals surface area contributed by atoms with Gasteiger partial charge in [0.25, 0.3) is 5.91 Å². The molecule has 1 aliphatic heterocycles. The molecule has 26 heavy (non-hydrogen) atoms. The van der Waals surface area contributed by atoms with Crippen molar-refractivity contribution in [1.82, 2.24) is 14.8 Å². The molecule has 1 saturated heterocycles. The lowest BCUT2D eigenvalue weighted by atomic mass is 10.1. The van der Waals surface area contributed by atoms with Crippen LogP contribution in [0.3, 0.4) is 0 Å². The standard InChI is InChI=1S/C14H24N6O6/c15-4-2-1-3-7(16)14(24)25-5-8-9(21)10(22)13(26-8)20-6-18-12(19-20)11(17)23/h6-10,13,21-22H,1-5,15-16H2,(H2,17,23)/t7-,8?,9?,10+,13?/m0/s1. The molecule has 3 unspecified atom stereocenters. The highest BCUT2D eigenvalue weighted by Crippen LogP contribution is 2.29. The molecule has 0 bridgehead atoms. The predicted molar refractivity (Wildman–Crippen MR) is 86.3 cm³/mol. The zero-order valence-corrected chi connectivity index (χ0v) is 14.1. The largest absolute Gasteiger partial charge is 0.462 e. The van der Waals surface area contributed by atoms with Gasteiger partial charge in [-0.05, 0) is 19.4 Å². The maximum atomic E-state index is 11.9. The lowest BCUT2D eigenvalue weighted by Gasteiger charge is -2.16. The molecule has 1 amide bonds. The Bertz CT molecular complexity index is 625. The third kappa shape index (κ3) is 4.74. The topological polar surface area (TPSA) is 202 Å². The average Bonchev–Trinajstić information content (AvgIpc) is 3.20. The summed E-state index contributed by atoms with van der Waals surface area (Å²) in [6.07, 6.45) is -1.76. The summed E-state index contributed by atoms with van der Waals surface area (Å²) in [5.41, 5.74) is 16.2. The van der Waals surface area contributed by atoms with Gasteiger partial charge in [0.15, 0.2) is 6.23 Å². The summed E-state index contributed by atoms with van der Waals surface area (Å²) in [6.45, 7) is 0.221. The maximum Gasteiger partial charge on any atom is 0.323 e. The molecule has 1 fully saturated rings. The molecular weight excluding hydrogens is 348 g/mol. The van der Waals surface area contributed by atoms with Gasteiger partial charge in [-0.15, -0.1) is 5.10 Å². The van der Waals surface area contributed by atoms with E-state index in [-0.39, 0.29) is 12.4 Å². The van der Waals surface area contributed by atoms with Gasteiger partial charge in [-0.25, -0.2) is 9.67 Å². The molecule has 1 aliphatic rings. The van der Waals surface area contributed by atoms with Crippen molar-refractivity contribution >= 4 is 11.9 Å². The number of aliphatic hydroxyl groups is 2. The first kappa shape index (κ1) is 20.2. The molecule has 0 radical (unpaired) electrons. The number of nitrogens with zero attached hydrogens (tertiary/aromatic N) is 3. The minimum Gasteiger partial charge on any atom is -0.462 e. The zero-order chi connectivity index (χ0) is 19.3. The van der Waals surface area contributed by atoms with Crippen molar-refractivity contribution in [3.8, 4) is 0 Å². The van der Waals surface area contributed by atoms with Gasteiger partial charge < -0.3 is 36.9 Å². The fourth-order valence-electron chi connectivity index (χ4n) is 2.49. The van der Waals surface area contributed by atoms with E-state index in [4.69, 9.17) is 26.7 Å². The summed E-state index contributed by atoms with van der Waals surface area (Å²) in [5, 5.41) is 23.9. The van der Waals surface area contributed by atoms with Gasteiger partial charge in [-0.1, -0.05) is 6.42 Å². The highest BCUT2D eigenvalue weighted by atomic mass is 16.6. The first-order chi connectivity index (χ1) is 12.3. The third-order valence-electron chi connectivity index (χ3n) is 3.99. The highest BCUT2D eigenvalue weighted by Gasteiger charge is 2.45. The second kappa shape index (κ2) is 9.00. The molecule has 2 rings (SSSR count). The lowest BCUT2D eigenvalue weighted by molar-refractivity contribution is -0.152. The van der Waals surface area contributed by atoms with Gasteiger partial charge in [0.05, 0.1) is 0 Å². The lowest BCUT2D eigenvalue weighted by Crippen LogP contribution is -2.38. The molecule has 0 aromatic carbocycles. The molecule has 1 aromatic heterocycles. The normalized spacial score (nSPS) is 26.6. The summed E-state index contributed by atoms with van der Waals surface area (Å²) in [4.78, 5) is 26.6. The monoisotopic (exact) mass is 372 g/mol. The fourth-order valence-corrected chi connectivity index (χ4v) is 2.49. The summed E-state index contributed by atoms with van der Waals surface area (Å²) >= 11 is 0. The average molecular weight is 372 g/mol. The van der Waals surface area contributed by atoms with Crippen molar-refractivity contribution in [2.24, 2.45) is 17.2 Å². The van der Waals surface area contributed by atoms with Crippen molar-refractivity contribution in [3.05, 3.63) is 12.2 Å². The SMILES string of the molecule is NCCCC[C@H](N)C(=O)OCC1OC(n2cnc(C(N)=O)n2)[C@H](O)C1O. The van der Waals surface area contributed by atoms with Crippen LogP contribution in [0.15, 0.2) is 6.33 Å². The van der Waals surface area contributed by atoms with E-state index in [1.165, 1.54) is 0 Å². The molecule has 0 aliphatic carbocycles. The van der Waals surface area contributed by atoms with Crippen LogP contribution in [-0.2, 0) is 14.3 Å². The van der Waals surface area contributed by atoms with Gasteiger partial charge in [0.2, 0.25) is 5.82 Å². The second-order valence-electron chi connectivity index (χ2n) is 5.98. The number of ether oxygens (including phenoxy) is 2. The number of unbranched alkanes of at least 4 members (excludes halogenated alkanes) is 1. The molecule has 0 saturated carbocycles. The molecule has 8 N–H and O–H groups in total. The van der Waals surface area contributed by atoms with Gasteiger partial charge in [-0.2, -0.15) is 0 Å². The predicted octanol–water partition coefficient (Wildman–Crippen LogP) is -3.00. The molecule has 12 heteroatoms. The van der Waals surface area contributed by atoms with Crippen molar-refractivity contribution in [2.75, 3.05) is 13.2 Å². The highest BCUT2D eigenvalue weighted by molar-refractivity contribution is 5.88. The number of carbonyl (C=O) groups excluding carboxylic acids is 2. The Balaban J connectivity index is 1.88. The van der Waals surface area contributed by atoms with Crippen LogP contribution in [0, 0.1) is 0 Å². The van der Waals surface area contributed by atoms with E-state index in [1.807, 2.05) is 0 Å². The van der Waals surface area contributed by atoms with Crippen LogP contribution in [0.1, 0.15) is 36.1 Å². The quantitative estimate of drug-likeness (QED) is 0.219. The fraction of sp³-hybridized carbons (Fsp3) is 0.714. The smallest absolute Gasteiger partial charge is 0.323 e. The van der Waals surface area contributed by atoms with Crippen LogP contribution in [-0.4, -0.2) is 74.4 Å². The van der Waals surface area contributed by atoms with Gasteiger partial charge in [0.1, 0.15) is 37.3 Å². The first-order valence-electron chi connectivity index (χ1n) is 8.20. The second-order valence-corrected chi connectivity index (χ2v) is 5.98. The minimum atomic E-state index is -1.36. The van der Waals surface area contributed by atoms with Crippen LogP contribution in [0.25, 0.3) is 0 Å². The van der Waals surface area contributed by atoms with E-state index >= 15 is 0 Å². The number of aromatic nitrogens is 3. The van der Waals surface area contributed by atoms with Crippen LogP contribution in [0.4, 0.5) is 0 Å². The Morgan fingerprint density at radius 1 is 1.35 bits per heavy atom. The number of carbonyl (C=O) groups is 2. The zero-order valence-electron chi connectivity index (χ0n) is 14.1. The van der Waals surface area contributed by atoms with Crippen LogP contribution in [0.5, 0.6) is 0 Å². The molecule has 12 nitrogen and oxygen atoms in total. The van der Waals surface area contributed by atoms with E-state index < -0.39 is 42.5 Å². The number of primary amides is 1. The first-order valence-corrected chi connectivity index (χ1v) is 8.20. The van der Waals surface area contributed by atoms with Crippen LogP contribution < -0.4 is 17.2 Å². The minimum absolute atomic E-state index is 0.256. The van der Waals surface area contributed by atoms with Crippen LogP contribution in [0.2, 0.25) is 0 Å². The summed E-state index contributed by atoms with van der Waals surface area (Å²) < 4.78 is 11.6.